The van der Waals surface area contributed by atoms with Crippen molar-refractivity contribution in [1.29, 1.82) is 0 Å². The van der Waals surface area contributed by atoms with E-state index in [2.05, 4.69) is 0 Å². The Balaban J connectivity index is 2.26. The first-order valence-electron chi connectivity index (χ1n) is 15.1. The number of primary amides is 1. The molecule has 0 aromatic carbocycles. The van der Waals surface area contributed by atoms with Gasteiger partial charge in [-0.15, -0.1) is 0 Å². The van der Waals surface area contributed by atoms with Crippen LogP contribution in [0.3, 0.4) is 0 Å². The SMILES string of the molecule is CCC(OC)C(C)C1OC1C(OC(N)=O)C(C)/C=C/C=C(\C)C1OC(=O)CC(O)CCC(C)(O)C(OC(C)=O)/C=C/C1C. The first-order chi connectivity index (χ1) is 20.1. The van der Waals surface area contributed by atoms with Gasteiger partial charge in [0.25, 0.3) is 0 Å². The zero-order chi connectivity index (χ0) is 32.5. The third kappa shape index (κ3) is 11.0. The molecule has 2 aliphatic heterocycles. The molecule has 0 saturated carbocycles. The van der Waals surface area contributed by atoms with E-state index in [0.717, 1.165) is 6.42 Å². The van der Waals surface area contributed by atoms with Gasteiger partial charge in [0.2, 0.25) is 0 Å². The molecule has 43 heavy (non-hydrogen) atoms. The molecular formula is C32H51NO10. The molecule has 0 radical (unpaired) electrons. The number of esters is 2. The summed E-state index contributed by atoms with van der Waals surface area (Å²) in [4.78, 5) is 36.1. The first kappa shape index (κ1) is 36.5. The third-order valence-corrected chi connectivity index (χ3v) is 8.31. The second kappa shape index (κ2) is 16.4. The molecule has 2 rings (SSSR count). The number of allylic oxidation sites excluding steroid dienone is 2. The average molecular weight is 610 g/mol. The van der Waals surface area contributed by atoms with Gasteiger partial charge in [0.05, 0.1) is 24.7 Å². The van der Waals surface area contributed by atoms with Crippen LogP contribution in [0.15, 0.2) is 36.0 Å². The molecule has 1 saturated heterocycles. The molecule has 0 aliphatic carbocycles. The lowest BCUT2D eigenvalue weighted by atomic mass is 9.88. The molecule has 2 aliphatic rings. The number of aliphatic hydroxyl groups is 2. The van der Waals surface area contributed by atoms with Crippen LogP contribution in [-0.4, -0.2) is 83.7 Å². The van der Waals surface area contributed by atoms with Crippen LogP contribution in [0.25, 0.3) is 0 Å². The number of nitrogens with two attached hydrogens (primary N) is 1. The van der Waals surface area contributed by atoms with Crippen LogP contribution < -0.4 is 5.73 Å². The Morgan fingerprint density at radius 2 is 1.91 bits per heavy atom. The van der Waals surface area contributed by atoms with Crippen LogP contribution in [0.5, 0.6) is 0 Å². The summed E-state index contributed by atoms with van der Waals surface area (Å²) in [6.07, 6.45) is 5.02. The zero-order valence-corrected chi connectivity index (χ0v) is 26.7. The molecule has 4 N–H and O–H groups in total. The number of cyclic esters (lactones) is 1. The average Bonchev–Trinajstić information content (AvgIpc) is 3.71. The molecule has 0 bridgehead atoms. The molecule has 11 atom stereocenters. The number of rotatable bonds is 11. The van der Waals surface area contributed by atoms with E-state index in [4.69, 9.17) is 29.4 Å². The Hall–Kier alpha value is -2.73. The van der Waals surface area contributed by atoms with E-state index in [1.807, 2.05) is 40.7 Å². The van der Waals surface area contributed by atoms with Gasteiger partial charge < -0.3 is 39.6 Å². The molecule has 0 aromatic heterocycles. The van der Waals surface area contributed by atoms with Crippen molar-refractivity contribution < 1.29 is 48.3 Å². The summed E-state index contributed by atoms with van der Waals surface area (Å²) in [5, 5.41) is 21.4. The Labute approximate surface area is 255 Å². The summed E-state index contributed by atoms with van der Waals surface area (Å²) >= 11 is 0. The fourth-order valence-electron chi connectivity index (χ4n) is 5.61. The highest BCUT2D eigenvalue weighted by atomic mass is 16.6. The molecule has 244 valence electrons. The molecule has 11 heteroatoms. The minimum Gasteiger partial charge on any atom is -0.457 e. The highest BCUT2D eigenvalue weighted by Crippen LogP contribution is 2.39. The summed E-state index contributed by atoms with van der Waals surface area (Å²) in [7, 11) is 1.67. The number of amides is 1. The lowest BCUT2D eigenvalue weighted by Gasteiger charge is -2.32. The summed E-state index contributed by atoms with van der Waals surface area (Å²) < 4.78 is 28.1. The van der Waals surface area contributed by atoms with Crippen molar-refractivity contribution in [3.8, 4) is 0 Å². The molecule has 11 nitrogen and oxygen atoms in total. The minimum atomic E-state index is -1.45. The van der Waals surface area contributed by atoms with E-state index in [-0.39, 0.29) is 55.3 Å². The number of carbonyl (C=O) groups is 3. The predicted molar refractivity (Wildman–Crippen MR) is 160 cm³/mol. The second-order valence-corrected chi connectivity index (χ2v) is 12.1. The lowest BCUT2D eigenvalue weighted by Crippen LogP contribution is -2.42. The van der Waals surface area contributed by atoms with Crippen molar-refractivity contribution in [2.75, 3.05) is 7.11 Å². The van der Waals surface area contributed by atoms with Crippen molar-refractivity contribution in [2.24, 2.45) is 23.5 Å². The molecular weight excluding hydrogens is 558 g/mol. The van der Waals surface area contributed by atoms with Crippen LogP contribution >= 0.6 is 0 Å². The van der Waals surface area contributed by atoms with Crippen LogP contribution in [-0.2, 0) is 33.3 Å². The largest absolute Gasteiger partial charge is 0.457 e. The van der Waals surface area contributed by atoms with Gasteiger partial charge in [0.1, 0.15) is 30.0 Å². The number of aliphatic hydroxyl groups excluding tert-OH is 1. The van der Waals surface area contributed by atoms with E-state index < -0.39 is 48.0 Å². The van der Waals surface area contributed by atoms with Gasteiger partial charge in [-0.2, -0.15) is 0 Å². The maximum atomic E-state index is 12.7. The summed E-state index contributed by atoms with van der Waals surface area (Å²) in [5.74, 6) is -1.63. The Morgan fingerprint density at radius 3 is 2.49 bits per heavy atom. The fraction of sp³-hybridized carbons (Fsp3) is 0.719. The van der Waals surface area contributed by atoms with Crippen LogP contribution in [0, 0.1) is 17.8 Å². The van der Waals surface area contributed by atoms with Gasteiger partial charge in [-0.05, 0) is 44.8 Å². The van der Waals surface area contributed by atoms with Crippen LogP contribution in [0.1, 0.15) is 74.1 Å². The highest BCUT2D eigenvalue weighted by molar-refractivity contribution is 5.70. The smallest absolute Gasteiger partial charge is 0.404 e. The van der Waals surface area contributed by atoms with E-state index in [1.54, 1.807) is 31.4 Å². The Kier molecular flexibility index (Phi) is 13.9. The highest BCUT2D eigenvalue weighted by Gasteiger charge is 2.52. The van der Waals surface area contributed by atoms with Crippen molar-refractivity contribution in [2.45, 2.75) is 122 Å². The monoisotopic (exact) mass is 609 g/mol. The molecule has 1 amide bonds. The van der Waals surface area contributed by atoms with E-state index in [9.17, 15) is 24.6 Å². The standard InChI is InChI=1S/C32H51NO10/c1-9-24(39-8)21(5)29-30(42-29)28(43-31(33)37)19(3)12-10-11-18(2)27-20(4)13-14-25(40-22(6)34)32(7,38)16-15-23(35)17-26(36)41-27/h10-14,19-21,23-25,27-30,35,38H,9,15-17H2,1-8H3,(H2,33,37)/b12-10+,14-13+,18-11+. The van der Waals surface area contributed by atoms with Crippen molar-refractivity contribution >= 4 is 18.0 Å². The van der Waals surface area contributed by atoms with E-state index in [1.165, 1.54) is 13.8 Å². The van der Waals surface area contributed by atoms with Crippen LogP contribution in [0.2, 0.25) is 0 Å². The summed E-state index contributed by atoms with van der Waals surface area (Å²) in [6, 6.07) is 0. The fourth-order valence-corrected chi connectivity index (χ4v) is 5.61. The number of carbonyl (C=O) groups excluding carboxylic acids is 3. The Morgan fingerprint density at radius 1 is 1.23 bits per heavy atom. The van der Waals surface area contributed by atoms with Crippen molar-refractivity contribution in [3.63, 3.8) is 0 Å². The second-order valence-electron chi connectivity index (χ2n) is 12.1. The normalized spacial score (nSPS) is 34.1. The number of epoxide rings is 1. The predicted octanol–water partition coefficient (Wildman–Crippen LogP) is 3.75. The quantitative estimate of drug-likeness (QED) is 0.103. The summed E-state index contributed by atoms with van der Waals surface area (Å²) in [6.45, 7) is 12.4. The lowest BCUT2D eigenvalue weighted by molar-refractivity contribution is -0.157. The van der Waals surface area contributed by atoms with Gasteiger partial charge in [0.15, 0.2) is 0 Å². The number of hydrogen-bond donors (Lipinski definition) is 3. The van der Waals surface area contributed by atoms with Crippen molar-refractivity contribution in [1.82, 2.24) is 0 Å². The van der Waals surface area contributed by atoms with Gasteiger partial charge in [-0.25, -0.2) is 4.79 Å². The molecule has 0 aromatic rings. The minimum absolute atomic E-state index is 0.0156. The van der Waals surface area contributed by atoms with E-state index >= 15 is 0 Å². The summed E-state index contributed by atoms with van der Waals surface area (Å²) in [5.41, 5.74) is 4.64. The third-order valence-electron chi connectivity index (χ3n) is 8.31. The molecule has 11 unspecified atom stereocenters. The van der Waals surface area contributed by atoms with Gasteiger partial charge >= 0.3 is 18.0 Å². The first-order valence-corrected chi connectivity index (χ1v) is 15.1. The van der Waals surface area contributed by atoms with Gasteiger partial charge in [-0.1, -0.05) is 52.0 Å². The van der Waals surface area contributed by atoms with Gasteiger partial charge in [-0.3, -0.25) is 9.59 Å². The topological polar surface area (TPSA) is 167 Å². The molecule has 1 fully saturated rings. The number of ether oxygens (including phenoxy) is 5. The maximum absolute atomic E-state index is 12.7. The zero-order valence-electron chi connectivity index (χ0n) is 26.7. The van der Waals surface area contributed by atoms with Crippen LogP contribution in [0.4, 0.5) is 4.79 Å². The number of hydrogen-bond acceptors (Lipinski definition) is 10. The van der Waals surface area contributed by atoms with E-state index in [0.29, 0.717) is 5.57 Å². The van der Waals surface area contributed by atoms with Crippen molar-refractivity contribution in [3.05, 3.63) is 36.0 Å². The van der Waals surface area contributed by atoms with Gasteiger partial charge in [0, 0.05) is 31.8 Å². The maximum Gasteiger partial charge on any atom is 0.404 e. The molecule has 2 heterocycles. The Bertz CT molecular complexity index is 1030. The number of methoxy groups -OCH3 is 1. The molecule has 0 spiro atoms.